The van der Waals surface area contributed by atoms with Crippen molar-refractivity contribution in [2.75, 3.05) is 5.73 Å². The highest BCUT2D eigenvalue weighted by Gasteiger charge is 2.10. The number of nitrogen functional groups attached to an aromatic ring is 1. The van der Waals surface area contributed by atoms with Gasteiger partial charge in [-0.3, -0.25) is 14.7 Å². The molecule has 2 aromatic carbocycles. The molecule has 2 aromatic heterocycles. The van der Waals surface area contributed by atoms with Gasteiger partial charge in [0.2, 0.25) is 0 Å². The Balaban J connectivity index is 1.74. The summed E-state index contributed by atoms with van der Waals surface area (Å²) < 4.78 is 1.81. The Morgan fingerprint density at radius 2 is 1.80 bits per heavy atom. The topological polar surface area (TPSA) is 113 Å². The van der Waals surface area contributed by atoms with E-state index in [1.807, 2.05) is 34.9 Å². The molecule has 2 heterocycles. The Kier molecular flexibility index (Phi) is 3.35. The van der Waals surface area contributed by atoms with Gasteiger partial charge in [-0.2, -0.15) is 0 Å². The van der Waals surface area contributed by atoms with Crippen molar-refractivity contribution in [2.45, 2.75) is 0 Å². The molecule has 0 spiro atoms. The third-order valence-corrected chi connectivity index (χ3v) is 3.90. The molecule has 0 bridgehead atoms. The summed E-state index contributed by atoms with van der Waals surface area (Å²) in [7, 11) is 0. The minimum Gasteiger partial charge on any atom is -0.382 e. The molecule has 0 aliphatic carbocycles. The summed E-state index contributed by atoms with van der Waals surface area (Å²) in [5.41, 5.74) is 9.55. The smallest absolute Gasteiger partial charge is 0.270 e. The molecule has 4 rings (SSSR count). The molecule has 25 heavy (non-hydrogen) atoms. The van der Waals surface area contributed by atoms with E-state index in [0.29, 0.717) is 17.0 Å². The number of aromatic nitrogens is 4. The van der Waals surface area contributed by atoms with E-state index in [-0.39, 0.29) is 5.69 Å². The summed E-state index contributed by atoms with van der Waals surface area (Å²) >= 11 is 0. The fourth-order valence-electron chi connectivity index (χ4n) is 2.66. The van der Waals surface area contributed by atoms with Crippen LogP contribution < -0.4 is 5.73 Å². The fraction of sp³-hybridized carbons (Fsp3) is 0. The van der Waals surface area contributed by atoms with Crippen molar-refractivity contribution in [1.82, 2.24) is 19.5 Å². The number of benzene rings is 2. The third-order valence-electron chi connectivity index (χ3n) is 3.90. The van der Waals surface area contributed by atoms with Gasteiger partial charge in [-0.05, 0) is 23.3 Å². The van der Waals surface area contributed by atoms with Crippen LogP contribution >= 0.6 is 0 Å². The van der Waals surface area contributed by atoms with Crippen LogP contribution in [0.4, 0.5) is 11.5 Å². The summed E-state index contributed by atoms with van der Waals surface area (Å²) in [5.74, 6) is 0.331. The van der Waals surface area contributed by atoms with Crippen LogP contribution in [0.3, 0.4) is 0 Å². The Bertz CT molecular complexity index is 1090. The predicted octanol–water partition coefficient (Wildman–Crippen LogP) is 2.97. The van der Waals surface area contributed by atoms with E-state index in [4.69, 9.17) is 5.73 Å². The lowest BCUT2D eigenvalue weighted by atomic mass is 10.0. The molecule has 122 valence electrons. The van der Waals surface area contributed by atoms with Gasteiger partial charge in [0.05, 0.1) is 4.92 Å². The molecule has 2 N–H and O–H groups in total. The zero-order valence-corrected chi connectivity index (χ0v) is 12.9. The van der Waals surface area contributed by atoms with Crippen molar-refractivity contribution < 1.29 is 4.92 Å². The van der Waals surface area contributed by atoms with E-state index in [0.717, 1.165) is 16.8 Å². The van der Waals surface area contributed by atoms with Crippen LogP contribution in [0.25, 0.3) is 28.0 Å². The lowest BCUT2D eigenvalue weighted by Crippen LogP contribution is -1.97. The van der Waals surface area contributed by atoms with Crippen LogP contribution in [-0.4, -0.2) is 24.4 Å². The maximum atomic E-state index is 10.9. The lowest BCUT2D eigenvalue weighted by Gasteiger charge is -2.06. The van der Waals surface area contributed by atoms with Gasteiger partial charge < -0.3 is 5.73 Å². The van der Waals surface area contributed by atoms with Gasteiger partial charge in [-0.15, -0.1) is 0 Å². The number of fused-ring (bicyclic) bond motifs is 1. The molecule has 4 aromatic rings. The number of nitro groups is 1. The standard InChI is InChI=1S/C17H12N6O2/c18-16-15-17(20-9-19-16)22(10-21-15)13-6-4-11(5-7-13)12-2-1-3-14(8-12)23(24)25/h1-10H,(H2,18,19,20). The molecular weight excluding hydrogens is 320 g/mol. The van der Waals surface area contributed by atoms with Crippen molar-refractivity contribution in [3.05, 3.63) is 71.3 Å². The molecule has 0 saturated heterocycles. The molecule has 0 unspecified atom stereocenters. The van der Waals surface area contributed by atoms with Crippen LogP contribution in [0.2, 0.25) is 0 Å². The Labute approximate surface area is 141 Å². The highest BCUT2D eigenvalue weighted by atomic mass is 16.6. The van der Waals surface area contributed by atoms with E-state index >= 15 is 0 Å². The predicted molar refractivity (Wildman–Crippen MR) is 93.2 cm³/mol. The number of hydrogen-bond donors (Lipinski definition) is 1. The summed E-state index contributed by atoms with van der Waals surface area (Å²) in [5, 5.41) is 10.9. The van der Waals surface area contributed by atoms with Crippen molar-refractivity contribution in [2.24, 2.45) is 0 Å². The first-order chi connectivity index (χ1) is 12.1. The molecule has 0 amide bonds. The average molecular weight is 332 g/mol. The van der Waals surface area contributed by atoms with Gasteiger partial charge >= 0.3 is 0 Å². The number of rotatable bonds is 3. The first kappa shape index (κ1) is 14.8. The van der Waals surface area contributed by atoms with Crippen molar-refractivity contribution in [1.29, 1.82) is 0 Å². The van der Waals surface area contributed by atoms with Crippen LogP contribution in [0.1, 0.15) is 0 Å². The maximum absolute atomic E-state index is 10.9. The van der Waals surface area contributed by atoms with Crippen LogP contribution in [0, 0.1) is 10.1 Å². The zero-order valence-electron chi connectivity index (χ0n) is 12.9. The maximum Gasteiger partial charge on any atom is 0.270 e. The number of nitro benzene ring substituents is 1. The Morgan fingerprint density at radius 1 is 1.00 bits per heavy atom. The number of nitrogens with zero attached hydrogens (tertiary/aromatic N) is 5. The fourth-order valence-corrected chi connectivity index (χ4v) is 2.66. The quantitative estimate of drug-likeness (QED) is 0.456. The molecule has 0 radical (unpaired) electrons. The number of hydrogen-bond acceptors (Lipinski definition) is 6. The molecule has 0 aliphatic rings. The first-order valence-corrected chi connectivity index (χ1v) is 7.42. The second-order valence-corrected chi connectivity index (χ2v) is 5.40. The minimum absolute atomic E-state index is 0.0642. The molecule has 0 saturated carbocycles. The van der Waals surface area contributed by atoms with Crippen molar-refractivity contribution in [3.8, 4) is 16.8 Å². The number of non-ortho nitro benzene ring substituents is 1. The van der Waals surface area contributed by atoms with Gasteiger partial charge in [0.1, 0.15) is 12.7 Å². The summed E-state index contributed by atoms with van der Waals surface area (Å²) in [4.78, 5) is 22.9. The van der Waals surface area contributed by atoms with Crippen LogP contribution in [0.5, 0.6) is 0 Å². The average Bonchev–Trinajstić information content (AvgIpc) is 3.07. The van der Waals surface area contributed by atoms with E-state index < -0.39 is 4.92 Å². The van der Waals surface area contributed by atoms with Crippen LogP contribution in [-0.2, 0) is 0 Å². The Hall–Kier alpha value is -3.81. The monoisotopic (exact) mass is 332 g/mol. The summed E-state index contributed by atoms with van der Waals surface area (Å²) in [6.07, 6.45) is 3.03. The van der Waals surface area contributed by atoms with E-state index in [2.05, 4.69) is 15.0 Å². The van der Waals surface area contributed by atoms with Crippen molar-refractivity contribution >= 4 is 22.7 Å². The molecule has 0 fully saturated rings. The van der Waals surface area contributed by atoms with Gasteiger partial charge in [0.15, 0.2) is 17.0 Å². The lowest BCUT2D eigenvalue weighted by molar-refractivity contribution is -0.384. The van der Waals surface area contributed by atoms with E-state index in [1.165, 1.54) is 12.4 Å². The van der Waals surface area contributed by atoms with Gasteiger partial charge in [0.25, 0.3) is 5.69 Å². The number of anilines is 1. The van der Waals surface area contributed by atoms with Crippen molar-refractivity contribution in [3.63, 3.8) is 0 Å². The molecule has 0 aliphatic heterocycles. The number of nitrogens with two attached hydrogens (primary N) is 1. The number of imidazole rings is 1. The van der Waals surface area contributed by atoms with Gasteiger partial charge in [-0.1, -0.05) is 24.3 Å². The highest BCUT2D eigenvalue weighted by Crippen LogP contribution is 2.26. The summed E-state index contributed by atoms with van der Waals surface area (Å²) in [6, 6.07) is 14.1. The van der Waals surface area contributed by atoms with Gasteiger partial charge in [-0.25, -0.2) is 15.0 Å². The third kappa shape index (κ3) is 2.55. The molecular formula is C17H12N6O2. The largest absolute Gasteiger partial charge is 0.382 e. The Morgan fingerprint density at radius 3 is 2.56 bits per heavy atom. The van der Waals surface area contributed by atoms with Gasteiger partial charge in [0, 0.05) is 17.8 Å². The second kappa shape index (κ2) is 5.68. The van der Waals surface area contributed by atoms with E-state index in [1.54, 1.807) is 18.5 Å². The first-order valence-electron chi connectivity index (χ1n) is 7.42. The minimum atomic E-state index is -0.403. The highest BCUT2D eigenvalue weighted by molar-refractivity contribution is 5.82. The van der Waals surface area contributed by atoms with Crippen LogP contribution in [0.15, 0.2) is 61.2 Å². The summed E-state index contributed by atoms with van der Waals surface area (Å²) in [6.45, 7) is 0. The molecule has 8 heteroatoms. The zero-order chi connectivity index (χ0) is 17.4. The normalized spacial score (nSPS) is 10.9. The SMILES string of the molecule is Nc1ncnc2c1ncn2-c1ccc(-c2cccc([N+](=O)[O-])c2)cc1. The molecule has 8 nitrogen and oxygen atoms in total. The molecule has 0 atom stereocenters. The van der Waals surface area contributed by atoms with E-state index in [9.17, 15) is 10.1 Å². The second-order valence-electron chi connectivity index (χ2n) is 5.40.